The molecule has 3 aromatic rings. The summed E-state index contributed by atoms with van der Waals surface area (Å²) in [6.45, 7) is -0.179. The SMILES string of the molecule is CN(Cc1c(F)cccc1Cl)S(=O)(=O)NCc1cccnc1-n1ccnc1. The zero-order chi connectivity index (χ0) is 19.4. The molecular formula is C17H17ClFN5O2S. The lowest BCUT2D eigenvalue weighted by Crippen LogP contribution is -2.37. The van der Waals surface area contributed by atoms with E-state index in [2.05, 4.69) is 14.7 Å². The highest BCUT2D eigenvalue weighted by atomic mass is 35.5. The van der Waals surface area contributed by atoms with Gasteiger partial charge in [-0.1, -0.05) is 23.7 Å². The van der Waals surface area contributed by atoms with Gasteiger partial charge in [0.25, 0.3) is 10.2 Å². The average Bonchev–Trinajstić information content (AvgIpc) is 3.18. The highest BCUT2D eigenvalue weighted by Crippen LogP contribution is 2.21. The van der Waals surface area contributed by atoms with Crippen LogP contribution in [0.2, 0.25) is 5.02 Å². The summed E-state index contributed by atoms with van der Waals surface area (Å²) in [4.78, 5) is 8.23. The Bertz CT molecular complexity index is 1010. The van der Waals surface area contributed by atoms with Crippen LogP contribution < -0.4 is 4.72 Å². The van der Waals surface area contributed by atoms with Crippen LogP contribution in [-0.4, -0.2) is 34.3 Å². The molecule has 0 unspecified atom stereocenters. The molecule has 0 spiro atoms. The van der Waals surface area contributed by atoms with Gasteiger partial charge in [-0.15, -0.1) is 0 Å². The van der Waals surface area contributed by atoms with E-state index >= 15 is 0 Å². The molecule has 0 aliphatic rings. The summed E-state index contributed by atoms with van der Waals surface area (Å²) in [5.74, 6) is 0.0108. The Morgan fingerprint density at radius 2 is 2.07 bits per heavy atom. The standard InChI is InChI=1S/C17H17ClFN5O2S/c1-23(11-14-15(18)5-2-6-16(14)19)27(25,26)22-10-13-4-3-7-21-17(13)24-9-8-20-12-24/h2-9,12,22H,10-11H2,1H3. The number of imidazole rings is 1. The fourth-order valence-electron chi connectivity index (χ4n) is 2.46. The first-order valence-electron chi connectivity index (χ1n) is 7.94. The first kappa shape index (κ1) is 19.4. The number of hydrogen-bond donors (Lipinski definition) is 1. The van der Waals surface area contributed by atoms with Gasteiger partial charge in [-0.3, -0.25) is 4.57 Å². The van der Waals surface area contributed by atoms with Crippen molar-refractivity contribution in [2.24, 2.45) is 0 Å². The van der Waals surface area contributed by atoms with Crippen LogP contribution >= 0.6 is 11.6 Å². The molecule has 0 saturated heterocycles. The lowest BCUT2D eigenvalue weighted by molar-refractivity contribution is 0.446. The minimum Gasteiger partial charge on any atom is -0.290 e. The summed E-state index contributed by atoms with van der Waals surface area (Å²) in [6.07, 6.45) is 6.51. The third-order valence-corrected chi connectivity index (χ3v) is 5.73. The normalized spacial score (nSPS) is 11.9. The largest absolute Gasteiger partial charge is 0.290 e. The minimum absolute atomic E-state index is 0.0129. The molecule has 0 aliphatic carbocycles. The maximum atomic E-state index is 13.9. The third-order valence-electron chi connectivity index (χ3n) is 3.91. The molecular weight excluding hydrogens is 393 g/mol. The average molecular weight is 410 g/mol. The van der Waals surface area contributed by atoms with Gasteiger partial charge in [0, 0.05) is 54.9 Å². The molecule has 2 aromatic heterocycles. The lowest BCUT2D eigenvalue weighted by Gasteiger charge is -2.19. The van der Waals surface area contributed by atoms with Crippen molar-refractivity contribution < 1.29 is 12.8 Å². The van der Waals surface area contributed by atoms with Crippen LogP contribution in [0.3, 0.4) is 0 Å². The van der Waals surface area contributed by atoms with E-state index in [0.29, 0.717) is 11.4 Å². The van der Waals surface area contributed by atoms with Crippen LogP contribution in [0.5, 0.6) is 0 Å². The summed E-state index contributed by atoms with van der Waals surface area (Å²) >= 11 is 5.98. The van der Waals surface area contributed by atoms with Gasteiger partial charge >= 0.3 is 0 Å². The molecule has 0 amide bonds. The monoisotopic (exact) mass is 409 g/mol. The number of nitrogens with zero attached hydrogens (tertiary/aromatic N) is 4. The highest BCUT2D eigenvalue weighted by molar-refractivity contribution is 7.87. The van der Waals surface area contributed by atoms with Crippen molar-refractivity contribution in [3.8, 4) is 5.82 Å². The van der Waals surface area contributed by atoms with Gasteiger partial charge in [0.2, 0.25) is 0 Å². The van der Waals surface area contributed by atoms with Gasteiger partial charge in [-0.25, -0.2) is 14.4 Å². The van der Waals surface area contributed by atoms with Gasteiger partial charge in [-0.05, 0) is 18.2 Å². The van der Waals surface area contributed by atoms with E-state index in [1.807, 2.05) is 0 Å². The number of nitrogens with one attached hydrogen (secondary N) is 1. The molecule has 7 nitrogen and oxygen atoms in total. The second-order valence-corrected chi connectivity index (χ2v) is 8.01. The minimum atomic E-state index is -3.87. The fourth-order valence-corrected chi connectivity index (χ4v) is 3.54. The Morgan fingerprint density at radius 3 is 2.78 bits per heavy atom. The lowest BCUT2D eigenvalue weighted by atomic mass is 10.2. The number of rotatable bonds is 7. The van der Waals surface area contributed by atoms with Crippen molar-refractivity contribution >= 4 is 21.8 Å². The topological polar surface area (TPSA) is 80.1 Å². The molecule has 1 aromatic carbocycles. The number of benzene rings is 1. The van der Waals surface area contributed by atoms with Crippen molar-refractivity contribution in [2.75, 3.05) is 7.05 Å². The Balaban J connectivity index is 1.74. The molecule has 10 heteroatoms. The molecule has 0 fully saturated rings. The second-order valence-electron chi connectivity index (χ2n) is 5.74. The van der Waals surface area contributed by atoms with Crippen molar-refractivity contribution in [1.29, 1.82) is 0 Å². The predicted molar refractivity (Wildman–Crippen MR) is 100.0 cm³/mol. The molecule has 27 heavy (non-hydrogen) atoms. The van der Waals surface area contributed by atoms with Gasteiger partial charge in [0.05, 0.1) is 0 Å². The molecule has 0 radical (unpaired) electrons. The Morgan fingerprint density at radius 1 is 1.26 bits per heavy atom. The maximum absolute atomic E-state index is 13.9. The van der Waals surface area contributed by atoms with E-state index in [0.717, 1.165) is 4.31 Å². The first-order valence-corrected chi connectivity index (χ1v) is 9.76. The van der Waals surface area contributed by atoms with E-state index in [1.165, 1.54) is 25.2 Å². The Labute approximate surface area is 161 Å². The third kappa shape index (κ3) is 4.51. The maximum Gasteiger partial charge on any atom is 0.279 e. The van der Waals surface area contributed by atoms with E-state index in [9.17, 15) is 12.8 Å². The van der Waals surface area contributed by atoms with E-state index in [4.69, 9.17) is 11.6 Å². The van der Waals surface area contributed by atoms with E-state index < -0.39 is 16.0 Å². The van der Waals surface area contributed by atoms with Crippen molar-refractivity contribution in [1.82, 2.24) is 23.6 Å². The molecule has 0 saturated carbocycles. The molecule has 0 bridgehead atoms. The van der Waals surface area contributed by atoms with Gasteiger partial charge < -0.3 is 0 Å². The predicted octanol–water partition coefficient (Wildman–Crippen LogP) is 2.53. The van der Waals surface area contributed by atoms with E-state index in [1.54, 1.807) is 41.6 Å². The molecule has 2 heterocycles. The smallest absolute Gasteiger partial charge is 0.279 e. The number of hydrogen-bond acceptors (Lipinski definition) is 4. The van der Waals surface area contributed by atoms with Crippen LogP contribution in [-0.2, 0) is 23.3 Å². The van der Waals surface area contributed by atoms with Gasteiger partial charge in [-0.2, -0.15) is 17.4 Å². The summed E-state index contributed by atoms with van der Waals surface area (Å²) in [6, 6.07) is 7.70. The highest BCUT2D eigenvalue weighted by Gasteiger charge is 2.21. The Kier molecular flexibility index (Phi) is 5.85. The van der Waals surface area contributed by atoms with Gasteiger partial charge in [0.1, 0.15) is 18.0 Å². The van der Waals surface area contributed by atoms with Crippen molar-refractivity contribution in [3.63, 3.8) is 0 Å². The summed E-state index contributed by atoms with van der Waals surface area (Å²) < 4.78 is 44.2. The first-order chi connectivity index (χ1) is 12.9. The molecule has 142 valence electrons. The number of halogens is 2. The van der Waals surface area contributed by atoms with Crippen LogP contribution in [0.4, 0.5) is 4.39 Å². The van der Waals surface area contributed by atoms with Crippen LogP contribution in [0, 0.1) is 5.82 Å². The fraction of sp³-hybridized carbons (Fsp3) is 0.176. The van der Waals surface area contributed by atoms with Crippen molar-refractivity contribution in [2.45, 2.75) is 13.1 Å². The van der Waals surface area contributed by atoms with Crippen LogP contribution in [0.25, 0.3) is 5.82 Å². The zero-order valence-corrected chi connectivity index (χ0v) is 16.0. The number of aromatic nitrogens is 3. The van der Waals surface area contributed by atoms with Crippen LogP contribution in [0.1, 0.15) is 11.1 Å². The zero-order valence-electron chi connectivity index (χ0n) is 14.4. The quantitative estimate of drug-likeness (QED) is 0.650. The Hall–Kier alpha value is -2.33. The number of pyridine rings is 1. The summed E-state index contributed by atoms with van der Waals surface area (Å²) in [5, 5.41) is 0.173. The molecule has 0 aliphatic heterocycles. The molecule has 0 atom stereocenters. The van der Waals surface area contributed by atoms with Gasteiger partial charge in [0.15, 0.2) is 0 Å². The molecule has 3 rings (SSSR count). The summed E-state index contributed by atoms with van der Waals surface area (Å²) in [5.41, 5.74) is 0.781. The van der Waals surface area contributed by atoms with E-state index in [-0.39, 0.29) is 23.7 Å². The molecule has 1 N–H and O–H groups in total. The summed E-state index contributed by atoms with van der Waals surface area (Å²) in [7, 11) is -2.52. The second kappa shape index (κ2) is 8.13. The van der Waals surface area contributed by atoms with Crippen LogP contribution in [0.15, 0.2) is 55.2 Å². The van der Waals surface area contributed by atoms with Crippen molar-refractivity contribution in [3.05, 3.63) is 77.2 Å².